The number of nitro benzene ring substituents is 1. The molecule has 0 aromatic heterocycles. The summed E-state index contributed by atoms with van der Waals surface area (Å²) in [4.78, 5) is 50.1. The predicted octanol–water partition coefficient (Wildman–Crippen LogP) is 4.55. The number of esters is 1. The Morgan fingerprint density at radius 2 is 1.89 bits per heavy atom. The lowest BCUT2D eigenvalue weighted by Crippen LogP contribution is -2.48. The van der Waals surface area contributed by atoms with E-state index >= 15 is 0 Å². The van der Waals surface area contributed by atoms with Crippen molar-refractivity contribution in [2.75, 3.05) is 18.5 Å². The molecule has 1 heterocycles. The summed E-state index contributed by atoms with van der Waals surface area (Å²) in [6.45, 7) is 6.18. The van der Waals surface area contributed by atoms with Crippen LogP contribution in [0.2, 0.25) is 0 Å². The Balaban J connectivity index is 1.84. The zero-order valence-corrected chi connectivity index (χ0v) is 19.9. The largest absolute Gasteiger partial charge is 0.463 e. The van der Waals surface area contributed by atoms with Crippen LogP contribution in [-0.4, -0.2) is 40.9 Å². The molecule has 0 saturated heterocycles. The maximum absolute atomic E-state index is 12.8. The van der Waals surface area contributed by atoms with Gasteiger partial charge in [0, 0.05) is 35.6 Å². The van der Waals surface area contributed by atoms with Gasteiger partial charge in [0.25, 0.3) is 11.6 Å². The summed E-state index contributed by atoms with van der Waals surface area (Å²) in [6.07, 6.45) is 1.70. The van der Waals surface area contributed by atoms with Crippen molar-refractivity contribution in [1.82, 2.24) is 10.2 Å². The van der Waals surface area contributed by atoms with Gasteiger partial charge >= 0.3 is 12.0 Å². The first-order chi connectivity index (χ1) is 16.8. The van der Waals surface area contributed by atoms with Crippen LogP contribution in [0.25, 0.3) is 0 Å². The monoisotopic (exact) mass is 480 g/mol. The SMILES string of the molecule is CCCCN1C(=O)NC(c2ccc(NC(=O)c3cccc([N+](=O)[O-])c3)cc2)C(C(=O)OCC)=C1C. The molecule has 0 aliphatic carbocycles. The van der Waals surface area contributed by atoms with Gasteiger partial charge in [0.15, 0.2) is 0 Å². The molecule has 1 unspecified atom stereocenters. The van der Waals surface area contributed by atoms with Gasteiger partial charge in [-0.15, -0.1) is 0 Å². The fourth-order valence-electron chi connectivity index (χ4n) is 3.81. The van der Waals surface area contributed by atoms with E-state index in [4.69, 9.17) is 4.74 Å². The number of benzene rings is 2. The lowest BCUT2D eigenvalue weighted by atomic mass is 9.94. The highest BCUT2D eigenvalue weighted by Crippen LogP contribution is 2.32. The van der Waals surface area contributed by atoms with Crippen molar-refractivity contribution in [3.05, 3.63) is 81.0 Å². The number of unbranched alkanes of at least 4 members (excludes halogenated alkanes) is 1. The second kappa shape index (κ2) is 11.3. The van der Waals surface area contributed by atoms with E-state index in [2.05, 4.69) is 10.6 Å². The van der Waals surface area contributed by atoms with E-state index in [1.165, 1.54) is 24.3 Å². The van der Waals surface area contributed by atoms with Crippen molar-refractivity contribution in [2.24, 2.45) is 0 Å². The Labute approximate surface area is 203 Å². The maximum Gasteiger partial charge on any atom is 0.338 e. The van der Waals surface area contributed by atoms with Crippen molar-refractivity contribution in [2.45, 2.75) is 39.7 Å². The molecule has 1 aliphatic heterocycles. The number of anilines is 1. The van der Waals surface area contributed by atoms with Gasteiger partial charge in [0.2, 0.25) is 0 Å². The molecule has 10 nitrogen and oxygen atoms in total. The average Bonchev–Trinajstić information content (AvgIpc) is 2.84. The number of nitro groups is 1. The number of nitrogens with one attached hydrogen (secondary N) is 2. The van der Waals surface area contributed by atoms with Gasteiger partial charge in [-0.1, -0.05) is 31.5 Å². The molecule has 3 amide bonds. The van der Waals surface area contributed by atoms with Crippen molar-refractivity contribution in [1.29, 1.82) is 0 Å². The molecule has 0 saturated carbocycles. The third-order valence-corrected chi connectivity index (χ3v) is 5.65. The highest BCUT2D eigenvalue weighted by molar-refractivity contribution is 6.04. The normalized spacial score (nSPS) is 15.5. The van der Waals surface area contributed by atoms with Crippen LogP contribution in [0.4, 0.5) is 16.2 Å². The molecular weight excluding hydrogens is 452 g/mol. The Bertz CT molecular complexity index is 1160. The number of carbonyl (C=O) groups excluding carboxylic acids is 3. The summed E-state index contributed by atoms with van der Waals surface area (Å²) < 4.78 is 5.26. The van der Waals surface area contributed by atoms with E-state index in [1.807, 2.05) is 6.92 Å². The quantitative estimate of drug-likeness (QED) is 0.308. The second-order valence-electron chi connectivity index (χ2n) is 7.99. The minimum Gasteiger partial charge on any atom is -0.463 e. The van der Waals surface area contributed by atoms with E-state index in [0.29, 0.717) is 29.1 Å². The van der Waals surface area contributed by atoms with Crippen molar-refractivity contribution in [3.8, 4) is 0 Å². The van der Waals surface area contributed by atoms with Crippen LogP contribution in [0.1, 0.15) is 55.6 Å². The van der Waals surface area contributed by atoms with Crippen LogP contribution >= 0.6 is 0 Å². The van der Waals surface area contributed by atoms with Gasteiger partial charge in [-0.25, -0.2) is 9.59 Å². The highest BCUT2D eigenvalue weighted by Gasteiger charge is 2.36. The smallest absolute Gasteiger partial charge is 0.338 e. The minimum atomic E-state index is -0.707. The lowest BCUT2D eigenvalue weighted by Gasteiger charge is -2.35. The van der Waals surface area contributed by atoms with Gasteiger partial charge in [-0.3, -0.25) is 19.8 Å². The number of hydrogen-bond acceptors (Lipinski definition) is 6. The van der Waals surface area contributed by atoms with Crippen LogP contribution in [-0.2, 0) is 9.53 Å². The van der Waals surface area contributed by atoms with Crippen molar-refractivity contribution < 1.29 is 24.0 Å². The second-order valence-corrected chi connectivity index (χ2v) is 7.99. The number of amides is 3. The molecule has 0 fully saturated rings. The Morgan fingerprint density at radius 1 is 1.17 bits per heavy atom. The number of nitrogens with zero attached hydrogens (tertiary/aromatic N) is 2. The number of rotatable bonds is 9. The fourth-order valence-corrected chi connectivity index (χ4v) is 3.81. The summed E-state index contributed by atoms with van der Waals surface area (Å²) in [6, 6.07) is 11.1. The van der Waals surface area contributed by atoms with E-state index < -0.39 is 22.8 Å². The van der Waals surface area contributed by atoms with Gasteiger partial charge in [0.05, 0.1) is 23.1 Å². The van der Waals surface area contributed by atoms with Crippen LogP contribution in [0.3, 0.4) is 0 Å². The number of hydrogen-bond donors (Lipinski definition) is 2. The Hall–Kier alpha value is -4.21. The van der Waals surface area contributed by atoms with Crippen LogP contribution in [0.5, 0.6) is 0 Å². The fraction of sp³-hybridized carbons (Fsp3) is 0.320. The average molecular weight is 481 g/mol. The van der Waals surface area contributed by atoms with E-state index in [0.717, 1.165) is 12.8 Å². The molecule has 2 aromatic rings. The number of ether oxygens (including phenoxy) is 1. The summed E-state index contributed by atoms with van der Waals surface area (Å²) in [7, 11) is 0. The third-order valence-electron chi connectivity index (χ3n) is 5.65. The summed E-state index contributed by atoms with van der Waals surface area (Å²) in [5, 5.41) is 16.5. The molecule has 35 heavy (non-hydrogen) atoms. The van der Waals surface area contributed by atoms with Crippen LogP contribution in [0.15, 0.2) is 59.8 Å². The molecule has 0 radical (unpaired) electrons. The Morgan fingerprint density at radius 3 is 2.51 bits per heavy atom. The number of non-ortho nitro benzene ring substituents is 1. The van der Waals surface area contributed by atoms with E-state index in [1.54, 1.807) is 43.0 Å². The summed E-state index contributed by atoms with van der Waals surface area (Å²) in [5.41, 5.74) is 1.98. The Kier molecular flexibility index (Phi) is 8.19. The van der Waals surface area contributed by atoms with Gasteiger partial charge in [-0.05, 0) is 44.0 Å². The minimum absolute atomic E-state index is 0.151. The number of carbonyl (C=O) groups is 3. The van der Waals surface area contributed by atoms with Gasteiger partial charge in [0.1, 0.15) is 0 Å². The zero-order valence-electron chi connectivity index (χ0n) is 19.9. The first-order valence-electron chi connectivity index (χ1n) is 11.4. The predicted molar refractivity (Wildman–Crippen MR) is 130 cm³/mol. The van der Waals surface area contributed by atoms with E-state index in [-0.39, 0.29) is 23.9 Å². The molecule has 3 rings (SSSR count). The maximum atomic E-state index is 12.8. The van der Waals surface area contributed by atoms with Gasteiger partial charge in [-0.2, -0.15) is 0 Å². The zero-order chi connectivity index (χ0) is 25.5. The number of allylic oxidation sites excluding steroid dienone is 1. The van der Waals surface area contributed by atoms with Crippen LogP contribution < -0.4 is 10.6 Å². The first kappa shape index (κ1) is 25.4. The highest BCUT2D eigenvalue weighted by atomic mass is 16.6. The molecule has 2 N–H and O–H groups in total. The standard InChI is InChI=1S/C25H28N4O6/c1-4-6-14-28-16(3)21(24(31)35-5-2)22(27-25(28)32)17-10-12-19(13-11-17)26-23(30)18-8-7-9-20(15-18)29(33)34/h7-13,15,22H,4-6,14H2,1-3H3,(H,26,30)(H,27,32). The van der Waals surface area contributed by atoms with E-state index in [9.17, 15) is 24.5 Å². The summed E-state index contributed by atoms with van der Waals surface area (Å²) >= 11 is 0. The van der Waals surface area contributed by atoms with Crippen molar-refractivity contribution in [3.63, 3.8) is 0 Å². The molecule has 10 heteroatoms. The molecule has 1 aliphatic rings. The topological polar surface area (TPSA) is 131 Å². The first-order valence-corrected chi connectivity index (χ1v) is 11.4. The van der Waals surface area contributed by atoms with Crippen LogP contribution in [0, 0.1) is 10.1 Å². The molecule has 2 aromatic carbocycles. The van der Waals surface area contributed by atoms with Crippen molar-refractivity contribution >= 4 is 29.3 Å². The third kappa shape index (κ3) is 5.84. The molecule has 0 bridgehead atoms. The molecule has 184 valence electrons. The molecule has 0 spiro atoms. The lowest BCUT2D eigenvalue weighted by molar-refractivity contribution is -0.384. The molecular formula is C25H28N4O6. The van der Waals surface area contributed by atoms with Gasteiger partial charge < -0.3 is 15.4 Å². The number of urea groups is 1. The molecule has 1 atom stereocenters. The summed E-state index contributed by atoms with van der Waals surface area (Å²) in [5.74, 6) is -0.999.